The molecule has 0 aliphatic rings. The summed E-state index contributed by atoms with van der Waals surface area (Å²) in [4.78, 5) is 25.9. The Morgan fingerprint density at radius 3 is 2.36 bits per heavy atom. The van der Waals surface area contributed by atoms with Gasteiger partial charge in [0.05, 0.1) is 11.1 Å². The lowest BCUT2D eigenvalue weighted by Crippen LogP contribution is -2.16. The van der Waals surface area contributed by atoms with E-state index in [4.69, 9.17) is 0 Å². The van der Waals surface area contributed by atoms with E-state index in [0.717, 1.165) is 9.17 Å². The fourth-order valence-electron chi connectivity index (χ4n) is 2.92. The van der Waals surface area contributed by atoms with E-state index in [9.17, 15) is 14.0 Å². The summed E-state index contributed by atoms with van der Waals surface area (Å²) >= 11 is 4.68. The molecule has 0 radical (unpaired) electrons. The van der Waals surface area contributed by atoms with Crippen LogP contribution in [0.1, 0.15) is 10.4 Å². The summed E-state index contributed by atoms with van der Waals surface area (Å²) in [5, 5.41) is 3.71. The predicted molar refractivity (Wildman–Crippen MR) is 116 cm³/mol. The monoisotopic (exact) mass is 453 g/mol. The molecule has 1 aromatic heterocycles. The van der Waals surface area contributed by atoms with Gasteiger partial charge in [0.15, 0.2) is 5.43 Å². The van der Waals surface area contributed by atoms with E-state index in [2.05, 4.69) is 21.2 Å². The molecule has 1 N–H and O–H groups in total. The number of benzene rings is 3. The molecule has 0 atom stereocenters. The molecule has 4 rings (SSSR count). The number of fused-ring (bicyclic) bond motifs is 1. The zero-order chi connectivity index (χ0) is 19.7. The van der Waals surface area contributed by atoms with Crippen LogP contribution in [-0.2, 0) is 0 Å². The molecule has 3 aromatic carbocycles. The van der Waals surface area contributed by atoms with Crippen LogP contribution in [0.25, 0.3) is 21.2 Å². The molecule has 4 aromatic rings. The molecule has 0 unspecified atom stereocenters. The van der Waals surface area contributed by atoms with E-state index < -0.39 is 11.7 Å². The van der Waals surface area contributed by atoms with Crippen molar-refractivity contribution in [3.8, 4) is 11.1 Å². The Balaban J connectivity index is 1.90. The fourth-order valence-corrected chi connectivity index (χ4v) is 4.28. The van der Waals surface area contributed by atoms with Crippen molar-refractivity contribution in [2.24, 2.45) is 0 Å². The Hall–Kier alpha value is -2.83. The summed E-state index contributed by atoms with van der Waals surface area (Å²) < 4.78 is 15.6. The summed E-state index contributed by atoms with van der Waals surface area (Å²) in [5.74, 6) is -1.21. The zero-order valence-electron chi connectivity index (χ0n) is 14.4. The van der Waals surface area contributed by atoms with Crippen molar-refractivity contribution in [1.82, 2.24) is 0 Å². The molecule has 1 heterocycles. The molecule has 6 heteroatoms. The average Bonchev–Trinajstić information content (AvgIpc) is 2.70. The lowest BCUT2D eigenvalue weighted by Gasteiger charge is -2.12. The number of nitrogens with one attached hydrogen (secondary N) is 1. The van der Waals surface area contributed by atoms with E-state index in [1.54, 1.807) is 30.3 Å². The van der Waals surface area contributed by atoms with Crippen LogP contribution < -0.4 is 10.7 Å². The average molecular weight is 454 g/mol. The minimum Gasteiger partial charge on any atom is -0.313 e. The standard InChI is InChI=1S/C22H13BrFNO2S/c23-14-11-9-13(10-12-14)19-20(26)16-6-2-4-8-18(16)28-22(19)25-21(27)15-5-1-3-7-17(15)24/h1-12H,(H,25,27). The molecule has 0 saturated carbocycles. The van der Waals surface area contributed by atoms with Gasteiger partial charge in [0.1, 0.15) is 10.8 Å². The number of halogens is 2. The second-order valence-electron chi connectivity index (χ2n) is 6.07. The summed E-state index contributed by atoms with van der Waals surface area (Å²) in [6, 6.07) is 20.3. The van der Waals surface area contributed by atoms with Crippen molar-refractivity contribution in [2.75, 3.05) is 5.32 Å². The second-order valence-corrected chi connectivity index (χ2v) is 8.04. The molecule has 138 valence electrons. The topological polar surface area (TPSA) is 46.2 Å². The molecule has 3 nitrogen and oxygen atoms in total. The van der Waals surface area contributed by atoms with Gasteiger partial charge in [-0.15, -0.1) is 11.3 Å². The van der Waals surface area contributed by atoms with Gasteiger partial charge in [0.2, 0.25) is 0 Å². The Bertz CT molecular complexity index is 1250. The fraction of sp³-hybridized carbons (Fsp3) is 0. The minimum absolute atomic E-state index is 0.0722. The third-order valence-corrected chi connectivity index (χ3v) is 5.89. The maximum absolute atomic E-state index is 14.0. The molecule has 0 fully saturated rings. The van der Waals surface area contributed by atoms with Gasteiger partial charge in [-0.1, -0.05) is 52.3 Å². The van der Waals surface area contributed by atoms with E-state index in [1.807, 2.05) is 24.3 Å². The quantitative estimate of drug-likeness (QED) is 0.408. The Labute approximate surface area is 172 Å². The minimum atomic E-state index is -0.613. The highest BCUT2D eigenvalue weighted by atomic mass is 79.9. The highest BCUT2D eigenvalue weighted by Crippen LogP contribution is 2.34. The van der Waals surface area contributed by atoms with E-state index >= 15 is 0 Å². The number of hydrogen-bond acceptors (Lipinski definition) is 3. The van der Waals surface area contributed by atoms with Crippen molar-refractivity contribution in [1.29, 1.82) is 0 Å². The van der Waals surface area contributed by atoms with Gasteiger partial charge in [-0.3, -0.25) is 9.59 Å². The van der Waals surface area contributed by atoms with Crippen LogP contribution >= 0.6 is 27.3 Å². The Morgan fingerprint density at radius 1 is 0.929 bits per heavy atom. The zero-order valence-corrected chi connectivity index (χ0v) is 16.8. The van der Waals surface area contributed by atoms with Gasteiger partial charge in [0, 0.05) is 14.6 Å². The molecule has 0 spiro atoms. The first-order chi connectivity index (χ1) is 13.5. The number of amides is 1. The largest absolute Gasteiger partial charge is 0.313 e. The highest BCUT2D eigenvalue weighted by Gasteiger charge is 2.18. The first-order valence-electron chi connectivity index (χ1n) is 8.42. The second kappa shape index (κ2) is 7.66. The number of hydrogen-bond donors (Lipinski definition) is 1. The van der Waals surface area contributed by atoms with Gasteiger partial charge in [0.25, 0.3) is 5.91 Å². The van der Waals surface area contributed by atoms with E-state index in [1.165, 1.54) is 29.5 Å². The SMILES string of the molecule is O=C(Nc1sc2ccccc2c(=O)c1-c1ccc(Br)cc1)c1ccccc1F. The number of carbonyl (C=O) groups is 1. The van der Waals surface area contributed by atoms with Crippen LogP contribution in [-0.4, -0.2) is 5.91 Å². The van der Waals surface area contributed by atoms with Crippen molar-refractivity contribution < 1.29 is 9.18 Å². The van der Waals surface area contributed by atoms with Crippen molar-refractivity contribution >= 4 is 48.3 Å². The van der Waals surface area contributed by atoms with Gasteiger partial charge in [-0.05, 0) is 42.0 Å². The molecular weight excluding hydrogens is 441 g/mol. The molecule has 0 aliphatic heterocycles. The molecule has 28 heavy (non-hydrogen) atoms. The molecule has 0 aliphatic carbocycles. The third kappa shape index (κ3) is 3.48. The lowest BCUT2D eigenvalue weighted by molar-refractivity contribution is 0.102. The first kappa shape index (κ1) is 18.5. The van der Waals surface area contributed by atoms with Gasteiger partial charge >= 0.3 is 0 Å². The molecule has 0 bridgehead atoms. The number of carbonyl (C=O) groups excluding carboxylic acids is 1. The van der Waals surface area contributed by atoms with Crippen LogP contribution in [0.5, 0.6) is 0 Å². The predicted octanol–water partition coefficient (Wildman–Crippen LogP) is 6.08. The summed E-state index contributed by atoms with van der Waals surface area (Å²) in [6.45, 7) is 0. The van der Waals surface area contributed by atoms with Gasteiger partial charge in [-0.2, -0.15) is 0 Å². The maximum atomic E-state index is 14.0. The summed E-state index contributed by atoms with van der Waals surface area (Å²) in [7, 11) is 0. The Kier molecular flexibility index (Phi) is 5.07. The van der Waals surface area contributed by atoms with Crippen molar-refractivity contribution in [3.63, 3.8) is 0 Å². The summed E-state index contributed by atoms with van der Waals surface area (Å²) in [6.07, 6.45) is 0. The van der Waals surface area contributed by atoms with Crippen LogP contribution in [0, 0.1) is 5.82 Å². The van der Waals surface area contributed by atoms with Crippen LogP contribution in [0.4, 0.5) is 9.39 Å². The molecular formula is C22H13BrFNO2S. The molecule has 0 saturated heterocycles. The third-order valence-electron chi connectivity index (χ3n) is 4.28. The van der Waals surface area contributed by atoms with Crippen LogP contribution in [0.3, 0.4) is 0 Å². The Morgan fingerprint density at radius 2 is 1.61 bits per heavy atom. The van der Waals surface area contributed by atoms with Crippen molar-refractivity contribution in [2.45, 2.75) is 0 Å². The maximum Gasteiger partial charge on any atom is 0.259 e. The lowest BCUT2D eigenvalue weighted by atomic mass is 10.1. The number of rotatable bonds is 3. The van der Waals surface area contributed by atoms with E-state index in [0.29, 0.717) is 21.5 Å². The molecule has 1 amide bonds. The highest BCUT2D eigenvalue weighted by molar-refractivity contribution is 9.10. The van der Waals surface area contributed by atoms with E-state index in [-0.39, 0.29) is 11.0 Å². The van der Waals surface area contributed by atoms with Gasteiger partial charge < -0.3 is 5.32 Å². The van der Waals surface area contributed by atoms with Gasteiger partial charge in [-0.25, -0.2) is 4.39 Å². The van der Waals surface area contributed by atoms with Crippen LogP contribution in [0.15, 0.2) is 82.1 Å². The van der Waals surface area contributed by atoms with Crippen molar-refractivity contribution in [3.05, 3.63) is 98.9 Å². The smallest absolute Gasteiger partial charge is 0.259 e. The number of anilines is 1. The normalized spacial score (nSPS) is 10.8. The summed E-state index contributed by atoms with van der Waals surface area (Å²) in [5.41, 5.74) is 0.817. The van der Waals surface area contributed by atoms with Crippen LogP contribution in [0.2, 0.25) is 0 Å². The first-order valence-corrected chi connectivity index (χ1v) is 10.0.